The van der Waals surface area contributed by atoms with E-state index in [2.05, 4.69) is 48.5 Å². The molecular formula is C11H11O3S+. The number of benzene rings is 2. The fourth-order valence-electron chi connectivity index (χ4n) is 1.13. The van der Waals surface area contributed by atoms with E-state index in [-0.39, 0.29) is 0 Å². The van der Waals surface area contributed by atoms with Gasteiger partial charge in [-0.1, -0.05) is 53.1 Å². The van der Waals surface area contributed by atoms with Crippen molar-refractivity contribution in [3.63, 3.8) is 0 Å². The highest BCUT2D eigenvalue weighted by molar-refractivity contribution is 7.59. The summed E-state index contributed by atoms with van der Waals surface area (Å²) in [5.74, 6) is 0. The average Bonchev–Trinajstić information content (AvgIpc) is 2.33. The zero-order valence-electron chi connectivity index (χ0n) is 8.00. The molecule has 0 unspecified atom stereocenters. The van der Waals surface area contributed by atoms with Gasteiger partial charge in [0.25, 0.3) is 0 Å². The number of hydrogen-bond acceptors (Lipinski definition) is 2. The van der Waals surface area contributed by atoms with E-state index in [1.807, 2.05) is 6.79 Å². The average molecular weight is 223 g/mol. The van der Waals surface area contributed by atoms with E-state index in [0.717, 1.165) is 0 Å². The van der Waals surface area contributed by atoms with Crippen LogP contribution in [0, 0.1) is 0 Å². The molecule has 0 aromatic heterocycles. The second-order valence-corrected chi connectivity index (χ2v) is 2.57. The van der Waals surface area contributed by atoms with Gasteiger partial charge in [-0.15, -0.1) is 0 Å². The minimum Gasteiger partial charge on any atom is -0.307 e. The van der Waals surface area contributed by atoms with Crippen LogP contribution in [0.2, 0.25) is 0 Å². The van der Waals surface area contributed by atoms with Crippen LogP contribution in [0.1, 0.15) is 0 Å². The quantitative estimate of drug-likeness (QED) is 0.551. The Morgan fingerprint density at radius 2 is 1.07 bits per heavy atom. The molecule has 0 spiro atoms. The van der Waals surface area contributed by atoms with Crippen LogP contribution < -0.4 is 0 Å². The number of carbonyl (C=O) groups excluding carboxylic acids is 1. The molecule has 1 N–H and O–H groups in total. The number of rotatable bonds is 0. The molecular weight excluding hydrogens is 212 g/mol. The van der Waals surface area contributed by atoms with Gasteiger partial charge >= 0.3 is 11.9 Å². The Hall–Kier alpha value is -1.65. The summed E-state index contributed by atoms with van der Waals surface area (Å²) in [6, 6.07) is 16.7. The Kier molecular flexibility index (Phi) is 7.94. The van der Waals surface area contributed by atoms with Gasteiger partial charge in [0.2, 0.25) is 0 Å². The Labute approximate surface area is 92.1 Å². The van der Waals surface area contributed by atoms with Gasteiger partial charge in [0, 0.05) is 0 Å². The largest absolute Gasteiger partial charge is 0.690 e. The maximum Gasteiger partial charge on any atom is 0.690 e. The summed E-state index contributed by atoms with van der Waals surface area (Å²) >= 11 is -0.500. The Balaban J connectivity index is 0.000000342. The lowest BCUT2D eigenvalue weighted by Crippen LogP contribution is -1.67. The maximum absolute atomic E-state index is 8.40. The molecule has 0 aliphatic carbocycles. The molecule has 78 valence electrons. The summed E-state index contributed by atoms with van der Waals surface area (Å²) in [5.41, 5.74) is 0. The highest BCUT2D eigenvalue weighted by Crippen LogP contribution is 2.11. The second-order valence-electron chi connectivity index (χ2n) is 2.42. The molecule has 2 rings (SSSR count). The third-order valence-electron chi connectivity index (χ3n) is 1.66. The molecule has 0 aliphatic rings. The molecule has 0 fully saturated rings. The molecule has 0 aliphatic heterocycles. The zero-order chi connectivity index (χ0) is 11.5. The summed E-state index contributed by atoms with van der Waals surface area (Å²) in [7, 11) is 0. The van der Waals surface area contributed by atoms with E-state index in [4.69, 9.17) is 13.6 Å². The van der Waals surface area contributed by atoms with Crippen LogP contribution in [-0.2, 0) is 21.0 Å². The molecule has 0 amide bonds. The van der Waals surface area contributed by atoms with Crippen molar-refractivity contribution in [2.45, 2.75) is 0 Å². The normalized spacial score (nSPS) is 7.80. The zero-order valence-corrected chi connectivity index (χ0v) is 8.81. The molecule has 2 aromatic carbocycles. The molecule has 4 heteroatoms. The summed E-state index contributed by atoms with van der Waals surface area (Å²) in [5, 5.41) is 2.62. The minimum absolute atomic E-state index is 0.500. The van der Waals surface area contributed by atoms with E-state index >= 15 is 0 Å². The summed E-state index contributed by atoms with van der Waals surface area (Å²) in [6.07, 6.45) is 0. The fraction of sp³-hybridized carbons (Fsp3) is 0. The monoisotopic (exact) mass is 223 g/mol. The molecule has 15 heavy (non-hydrogen) atoms. The van der Waals surface area contributed by atoms with Gasteiger partial charge < -0.3 is 4.79 Å². The molecule has 0 radical (unpaired) electrons. The molecule has 0 saturated carbocycles. The topological polar surface area (TPSA) is 54.4 Å². The predicted octanol–water partition coefficient (Wildman–Crippen LogP) is 2.54. The lowest BCUT2D eigenvalue weighted by molar-refractivity contribution is -0.0979. The maximum atomic E-state index is 8.40. The van der Waals surface area contributed by atoms with Crippen LogP contribution in [0.25, 0.3) is 10.8 Å². The molecule has 0 atom stereocenters. The van der Waals surface area contributed by atoms with Crippen molar-refractivity contribution in [1.82, 2.24) is 0 Å². The molecule has 0 saturated heterocycles. The molecule has 3 nitrogen and oxygen atoms in total. The molecule has 0 heterocycles. The first kappa shape index (κ1) is 13.4. The van der Waals surface area contributed by atoms with Crippen molar-refractivity contribution < 1.29 is 13.6 Å². The summed E-state index contributed by atoms with van der Waals surface area (Å²) < 4.78 is 15.3. The van der Waals surface area contributed by atoms with E-state index in [0.29, 0.717) is 0 Å². The summed E-state index contributed by atoms with van der Waals surface area (Å²) in [6.45, 7) is 2.00. The fourth-order valence-corrected chi connectivity index (χ4v) is 1.13. The Bertz CT molecular complexity index is 338. The van der Waals surface area contributed by atoms with Crippen molar-refractivity contribution >= 4 is 29.5 Å². The van der Waals surface area contributed by atoms with Crippen molar-refractivity contribution in [1.29, 1.82) is 0 Å². The van der Waals surface area contributed by atoms with Gasteiger partial charge in [0.05, 0.1) is 4.21 Å². The lowest BCUT2D eigenvalue weighted by Gasteiger charge is -1.92. The van der Waals surface area contributed by atoms with Gasteiger partial charge in [0.15, 0.2) is 0 Å². The van der Waals surface area contributed by atoms with Crippen LogP contribution in [0.5, 0.6) is 0 Å². The predicted molar refractivity (Wildman–Crippen MR) is 61.7 cm³/mol. The van der Waals surface area contributed by atoms with Crippen LogP contribution in [0.4, 0.5) is 0 Å². The first-order valence-corrected chi connectivity index (χ1v) is 4.74. The Morgan fingerprint density at radius 3 is 1.27 bits per heavy atom. The number of hydrogen-bond donors (Lipinski definition) is 1. The van der Waals surface area contributed by atoms with Gasteiger partial charge in [-0.3, -0.25) is 0 Å². The number of carbonyl (C=O) groups is 1. The SMILES string of the molecule is C=O.O=[S+]O.c1ccc2ccccc2c1. The van der Waals surface area contributed by atoms with E-state index < -0.39 is 11.9 Å². The highest BCUT2D eigenvalue weighted by atomic mass is 32.2. The third kappa shape index (κ3) is 4.95. The molecule has 0 bridgehead atoms. The van der Waals surface area contributed by atoms with Crippen molar-refractivity contribution in [3.05, 3.63) is 48.5 Å². The minimum atomic E-state index is -0.500. The van der Waals surface area contributed by atoms with Gasteiger partial charge in [-0.2, -0.15) is 0 Å². The smallest absolute Gasteiger partial charge is 0.307 e. The number of fused-ring (bicyclic) bond motifs is 1. The lowest BCUT2D eigenvalue weighted by atomic mass is 10.1. The van der Waals surface area contributed by atoms with Gasteiger partial charge in [0.1, 0.15) is 6.79 Å². The van der Waals surface area contributed by atoms with Crippen molar-refractivity contribution in [2.75, 3.05) is 0 Å². The molecule has 2 aromatic rings. The highest BCUT2D eigenvalue weighted by Gasteiger charge is 1.85. The first-order valence-electron chi connectivity index (χ1n) is 4.04. The van der Waals surface area contributed by atoms with Gasteiger partial charge in [-0.25, -0.2) is 0 Å². The van der Waals surface area contributed by atoms with Crippen LogP contribution in [-0.4, -0.2) is 11.3 Å². The van der Waals surface area contributed by atoms with E-state index in [1.54, 1.807) is 0 Å². The van der Waals surface area contributed by atoms with Gasteiger partial charge in [-0.05, 0) is 10.8 Å². The Morgan fingerprint density at radius 1 is 0.867 bits per heavy atom. The van der Waals surface area contributed by atoms with Crippen LogP contribution >= 0.6 is 0 Å². The standard InChI is InChI=1S/C10H8.CH2O.O2S/c1-2-6-10-8-4-3-7-9(10)5-1;1-2;1-3-2/h1-8H;1H2;/p+1. The van der Waals surface area contributed by atoms with Crippen molar-refractivity contribution in [2.24, 2.45) is 0 Å². The van der Waals surface area contributed by atoms with Crippen LogP contribution in [0.15, 0.2) is 48.5 Å². The van der Waals surface area contributed by atoms with E-state index in [1.165, 1.54) is 10.8 Å². The van der Waals surface area contributed by atoms with Crippen molar-refractivity contribution in [3.8, 4) is 0 Å². The summed E-state index contributed by atoms with van der Waals surface area (Å²) in [4.78, 5) is 8.00. The first-order chi connectivity index (χ1) is 7.38. The third-order valence-corrected chi connectivity index (χ3v) is 1.66. The van der Waals surface area contributed by atoms with E-state index in [9.17, 15) is 0 Å². The van der Waals surface area contributed by atoms with Crippen LogP contribution in [0.3, 0.4) is 0 Å². The second kappa shape index (κ2) is 8.93.